The van der Waals surface area contributed by atoms with E-state index in [-0.39, 0.29) is 17.3 Å². The zero-order chi connectivity index (χ0) is 13.3. The largest absolute Gasteiger partial charge is 0.480 e. The van der Waals surface area contributed by atoms with Gasteiger partial charge >= 0.3 is 5.97 Å². The van der Waals surface area contributed by atoms with Crippen LogP contribution in [0.1, 0.15) is 10.5 Å². The fourth-order valence-electron chi connectivity index (χ4n) is 1.25. The molecule has 0 bridgehead atoms. The Labute approximate surface area is 110 Å². The lowest BCUT2D eigenvalue weighted by Gasteiger charge is -2.03. The van der Waals surface area contributed by atoms with Crippen molar-refractivity contribution in [3.63, 3.8) is 0 Å². The Morgan fingerprint density at radius 1 is 1.61 bits per heavy atom. The Morgan fingerprint density at radius 2 is 2.33 bits per heavy atom. The van der Waals surface area contributed by atoms with E-state index in [4.69, 9.17) is 15.6 Å². The second-order valence-corrected chi connectivity index (χ2v) is 4.06. The number of rotatable bonds is 3. The zero-order valence-corrected chi connectivity index (χ0v) is 10.7. The van der Waals surface area contributed by atoms with Crippen LogP contribution in [0.3, 0.4) is 0 Å². The molecule has 9 heteroatoms. The number of carboxylic acid groups (broad SMARTS) is 1. The summed E-state index contributed by atoms with van der Waals surface area (Å²) in [5.41, 5.74) is 5.31. The average molecular weight is 314 g/mol. The number of nitrogen functional groups attached to an aromatic ring is 1. The monoisotopic (exact) mass is 313 g/mol. The average Bonchev–Trinajstić information content (AvgIpc) is 2.72. The third-order valence-electron chi connectivity index (χ3n) is 2.04. The van der Waals surface area contributed by atoms with Crippen molar-refractivity contribution in [1.82, 2.24) is 19.7 Å². The van der Waals surface area contributed by atoms with Crippen LogP contribution in [0, 0.1) is 0 Å². The minimum Gasteiger partial charge on any atom is -0.480 e. The highest BCUT2D eigenvalue weighted by Gasteiger charge is 2.16. The molecule has 0 aliphatic heterocycles. The lowest BCUT2D eigenvalue weighted by atomic mass is 10.4. The predicted molar refractivity (Wildman–Crippen MR) is 64.8 cm³/mol. The number of methoxy groups -OCH3 is 1. The molecule has 2 rings (SSSR count). The minimum absolute atomic E-state index is 0.0352. The van der Waals surface area contributed by atoms with Gasteiger partial charge in [-0.2, -0.15) is 10.1 Å². The van der Waals surface area contributed by atoms with Gasteiger partial charge in [0.2, 0.25) is 5.88 Å². The first-order chi connectivity index (χ1) is 8.52. The van der Waals surface area contributed by atoms with Crippen LogP contribution < -0.4 is 10.5 Å². The lowest BCUT2D eigenvalue weighted by Crippen LogP contribution is -2.05. The number of carbonyl (C=O) groups is 1. The van der Waals surface area contributed by atoms with Crippen LogP contribution >= 0.6 is 15.9 Å². The summed E-state index contributed by atoms with van der Waals surface area (Å²) in [5, 5.41) is 12.6. The number of anilines is 1. The summed E-state index contributed by atoms with van der Waals surface area (Å²) in [6.45, 7) is 0. The van der Waals surface area contributed by atoms with Crippen molar-refractivity contribution in [3.05, 3.63) is 22.6 Å². The maximum absolute atomic E-state index is 10.8. The van der Waals surface area contributed by atoms with Crippen LogP contribution in [0.5, 0.6) is 5.88 Å². The smallest absolute Gasteiger partial charge is 0.358 e. The molecular weight excluding hydrogens is 306 g/mol. The highest BCUT2D eigenvalue weighted by molar-refractivity contribution is 9.10. The molecule has 0 saturated heterocycles. The number of aromatic nitrogens is 4. The number of ether oxygens (including phenoxy) is 1. The van der Waals surface area contributed by atoms with Crippen LogP contribution in [0.4, 0.5) is 5.69 Å². The SMILES string of the molecule is COc1nc(-n2cc(N)c(C(=O)O)n2)ncc1Br. The molecule has 8 nitrogen and oxygen atoms in total. The molecule has 2 aromatic rings. The Hall–Kier alpha value is -2.16. The fourth-order valence-corrected chi connectivity index (χ4v) is 1.61. The molecule has 18 heavy (non-hydrogen) atoms. The van der Waals surface area contributed by atoms with Crippen LogP contribution in [-0.2, 0) is 0 Å². The molecule has 0 amide bonds. The summed E-state index contributed by atoms with van der Waals surface area (Å²) in [7, 11) is 1.46. The molecule has 0 aliphatic rings. The molecule has 0 aromatic carbocycles. The topological polar surface area (TPSA) is 116 Å². The lowest BCUT2D eigenvalue weighted by molar-refractivity contribution is 0.0691. The van der Waals surface area contributed by atoms with E-state index in [1.54, 1.807) is 0 Å². The van der Waals surface area contributed by atoms with Crippen molar-refractivity contribution in [1.29, 1.82) is 0 Å². The standard InChI is InChI=1S/C9H8BrN5O3/c1-18-7-4(10)2-12-9(13-7)15-3-5(11)6(14-15)8(16)17/h2-3H,11H2,1H3,(H,16,17). The summed E-state index contributed by atoms with van der Waals surface area (Å²) in [5.74, 6) is -0.740. The zero-order valence-electron chi connectivity index (χ0n) is 9.16. The van der Waals surface area contributed by atoms with E-state index in [9.17, 15) is 4.79 Å². The third-order valence-corrected chi connectivity index (χ3v) is 2.59. The Balaban J connectivity index is 2.49. The molecule has 0 radical (unpaired) electrons. The molecule has 0 aliphatic carbocycles. The first-order valence-corrected chi connectivity index (χ1v) is 5.47. The molecule has 0 fully saturated rings. The van der Waals surface area contributed by atoms with E-state index in [0.29, 0.717) is 10.4 Å². The molecule has 0 spiro atoms. The molecule has 0 atom stereocenters. The van der Waals surface area contributed by atoms with Crippen molar-refractivity contribution in [2.24, 2.45) is 0 Å². The van der Waals surface area contributed by atoms with Crippen molar-refractivity contribution in [2.75, 3.05) is 12.8 Å². The van der Waals surface area contributed by atoms with Gasteiger partial charge in [0.15, 0.2) is 5.69 Å². The van der Waals surface area contributed by atoms with Gasteiger partial charge in [0.25, 0.3) is 5.95 Å². The van der Waals surface area contributed by atoms with E-state index in [2.05, 4.69) is 31.0 Å². The summed E-state index contributed by atoms with van der Waals surface area (Å²) in [6.07, 6.45) is 2.80. The van der Waals surface area contributed by atoms with Crippen LogP contribution in [-0.4, -0.2) is 37.9 Å². The van der Waals surface area contributed by atoms with Gasteiger partial charge in [-0.3, -0.25) is 0 Å². The molecule has 0 saturated carbocycles. The van der Waals surface area contributed by atoms with Crippen molar-refractivity contribution in [3.8, 4) is 11.8 Å². The van der Waals surface area contributed by atoms with Gasteiger partial charge < -0.3 is 15.6 Å². The van der Waals surface area contributed by atoms with Gasteiger partial charge in [0.05, 0.1) is 29.7 Å². The van der Waals surface area contributed by atoms with Crippen LogP contribution in [0.2, 0.25) is 0 Å². The van der Waals surface area contributed by atoms with Gasteiger partial charge in [-0.15, -0.1) is 0 Å². The normalized spacial score (nSPS) is 10.3. The van der Waals surface area contributed by atoms with Crippen molar-refractivity contribution < 1.29 is 14.6 Å². The number of halogens is 1. The summed E-state index contributed by atoms with van der Waals surface area (Å²) in [6, 6.07) is 0. The molecular formula is C9H8BrN5O3. The third kappa shape index (κ3) is 2.12. The molecule has 94 valence electrons. The van der Waals surface area contributed by atoms with E-state index in [1.165, 1.54) is 24.2 Å². The number of nitrogens with two attached hydrogens (primary N) is 1. The van der Waals surface area contributed by atoms with Gasteiger partial charge in [-0.05, 0) is 15.9 Å². The summed E-state index contributed by atoms with van der Waals surface area (Å²) in [4.78, 5) is 18.8. The van der Waals surface area contributed by atoms with E-state index < -0.39 is 5.97 Å². The van der Waals surface area contributed by atoms with Crippen LogP contribution in [0.15, 0.2) is 16.9 Å². The Morgan fingerprint density at radius 3 is 2.89 bits per heavy atom. The van der Waals surface area contributed by atoms with Crippen molar-refractivity contribution in [2.45, 2.75) is 0 Å². The summed E-state index contributed by atoms with van der Waals surface area (Å²) >= 11 is 3.21. The van der Waals surface area contributed by atoms with Crippen LogP contribution in [0.25, 0.3) is 5.95 Å². The highest BCUT2D eigenvalue weighted by atomic mass is 79.9. The Bertz CT molecular complexity index is 612. The maximum Gasteiger partial charge on any atom is 0.358 e. The first kappa shape index (κ1) is 12.3. The van der Waals surface area contributed by atoms with Gasteiger partial charge in [-0.25, -0.2) is 14.5 Å². The fraction of sp³-hybridized carbons (Fsp3) is 0.111. The second kappa shape index (κ2) is 4.61. The second-order valence-electron chi connectivity index (χ2n) is 3.21. The van der Waals surface area contributed by atoms with E-state index >= 15 is 0 Å². The molecule has 2 aromatic heterocycles. The highest BCUT2D eigenvalue weighted by Crippen LogP contribution is 2.22. The summed E-state index contributed by atoms with van der Waals surface area (Å²) < 4.78 is 6.76. The van der Waals surface area contributed by atoms with E-state index in [1.807, 2.05) is 0 Å². The quantitative estimate of drug-likeness (QED) is 0.857. The number of hydrogen-bond acceptors (Lipinski definition) is 6. The van der Waals surface area contributed by atoms with E-state index in [0.717, 1.165) is 0 Å². The van der Waals surface area contributed by atoms with Crippen molar-refractivity contribution >= 4 is 27.6 Å². The number of nitrogens with zero attached hydrogens (tertiary/aromatic N) is 4. The Kier molecular flexibility index (Phi) is 3.15. The molecule has 0 unspecified atom stereocenters. The first-order valence-electron chi connectivity index (χ1n) is 4.68. The predicted octanol–water partition coefficient (Wildman–Crippen LogP) is 0.714. The number of carboxylic acids is 1. The molecule has 2 heterocycles. The number of hydrogen-bond donors (Lipinski definition) is 2. The maximum atomic E-state index is 10.8. The van der Waals surface area contributed by atoms with Gasteiger partial charge in [0, 0.05) is 0 Å². The minimum atomic E-state index is -1.21. The van der Waals surface area contributed by atoms with Gasteiger partial charge in [0.1, 0.15) is 0 Å². The molecule has 3 N–H and O–H groups in total. The number of aromatic carboxylic acids is 1. The van der Waals surface area contributed by atoms with Gasteiger partial charge in [-0.1, -0.05) is 0 Å².